The van der Waals surface area contributed by atoms with Crippen molar-refractivity contribution in [3.63, 3.8) is 0 Å². The van der Waals surface area contributed by atoms with Gasteiger partial charge in [0.05, 0.1) is 23.9 Å². The summed E-state index contributed by atoms with van der Waals surface area (Å²) in [6, 6.07) is -0.800. The normalized spacial score (nSPS) is 42.5. The summed E-state index contributed by atoms with van der Waals surface area (Å²) in [7, 11) is 5.71. The average Bonchev–Trinajstić information content (AvgIpc) is 3.28. The number of ether oxygens (including phenoxy) is 5. The van der Waals surface area contributed by atoms with E-state index in [2.05, 4.69) is 34.1 Å². The van der Waals surface area contributed by atoms with Gasteiger partial charge >= 0.3 is 12.1 Å². The zero-order valence-electron chi connectivity index (χ0n) is 30.4. The fraction of sp³-hybridized carbons (Fsp3) is 0.909. The predicted octanol–water partition coefficient (Wildman–Crippen LogP) is 4.51. The van der Waals surface area contributed by atoms with Crippen molar-refractivity contribution in [1.82, 2.24) is 15.1 Å². The maximum atomic E-state index is 14.2. The molecule has 3 saturated heterocycles. The molecule has 0 radical (unpaired) electrons. The molecule has 3 fully saturated rings. The van der Waals surface area contributed by atoms with E-state index in [-0.39, 0.29) is 42.5 Å². The van der Waals surface area contributed by atoms with Gasteiger partial charge in [0.2, 0.25) is 0 Å². The number of amides is 1. The van der Waals surface area contributed by atoms with Crippen LogP contribution in [0, 0.1) is 23.7 Å². The molecule has 3 unspecified atom stereocenters. The highest BCUT2D eigenvalue weighted by Gasteiger charge is 2.58. The topological polar surface area (TPSA) is 165 Å². The minimum Gasteiger partial charge on any atom is -0.458 e. The second kappa shape index (κ2) is 15.8. The number of fused-ring (bicyclic) bond motifs is 1. The molecule has 3 aliphatic rings. The molecule has 0 aliphatic carbocycles. The van der Waals surface area contributed by atoms with Gasteiger partial charge in [0.15, 0.2) is 17.7 Å². The first kappa shape index (κ1) is 39.0. The highest BCUT2D eigenvalue weighted by Crippen LogP contribution is 2.40. The molecule has 0 bridgehead atoms. The van der Waals surface area contributed by atoms with E-state index in [1.165, 1.54) is 11.8 Å². The molecule has 13 atom stereocenters. The predicted molar refractivity (Wildman–Crippen MR) is 175 cm³/mol. The maximum absolute atomic E-state index is 14.2. The van der Waals surface area contributed by atoms with Gasteiger partial charge in [-0.1, -0.05) is 32.8 Å². The molecule has 0 aromatic rings. The minimum absolute atomic E-state index is 0.00466. The van der Waals surface area contributed by atoms with Gasteiger partial charge in [-0.05, 0) is 86.0 Å². The SMILES string of the molecule is CC[C@H]1OC(=O)[C@H](C)C(=O)[C@H](C)[C@@H](O[C@@H]2OC(C)CC(N(C)C)C2C)[C@](C)(OC)C[C@@H](C)CN[C@H](C)[C@H]2N(CN=[N+]=[N-])C(=O)O[C@]12C. The van der Waals surface area contributed by atoms with Crippen LogP contribution < -0.4 is 5.32 Å². The summed E-state index contributed by atoms with van der Waals surface area (Å²) in [5.41, 5.74) is 6.77. The van der Waals surface area contributed by atoms with Gasteiger partial charge < -0.3 is 33.9 Å². The number of methoxy groups -OCH3 is 1. The molecule has 47 heavy (non-hydrogen) atoms. The Morgan fingerprint density at radius 3 is 2.36 bits per heavy atom. The van der Waals surface area contributed by atoms with Gasteiger partial charge in [-0.2, -0.15) is 0 Å². The van der Waals surface area contributed by atoms with Crippen LogP contribution in [0.25, 0.3) is 10.4 Å². The second-order valence-corrected chi connectivity index (χ2v) is 14.6. The molecule has 3 aliphatic heterocycles. The van der Waals surface area contributed by atoms with E-state index < -0.39 is 59.6 Å². The molecule has 268 valence electrons. The van der Waals surface area contributed by atoms with Crippen molar-refractivity contribution in [1.29, 1.82) is 0 Å². The summed E-state index contributed by atoms with van der Waals surface area (Å²) in [6.07, 6.45) is -1.27. The Kier molecular flexibility index (Phi) is 13.1. The lowest BCUT2D eigenvalue weighted by Gasteiger charge is -2.47. The van der Waals surface area contributed by atoms with Crippen molar-refractivity contribution >= 4 is 17.8 Å². The molecule has 3 rings (SSSR count). The number of ketones is 1. The van der Waals surface area contributed by atoms with Gasteiger partial charge in [-0.15, -0.1) is 0 Å². The molecule has 14 nitrogen and oxygen atoms in total. The first-order valence-corrected chi connectivity index (χ1v) is 17.0. The Hall–Kier alpha value is -2.48. The maximum Gasteiger partial charge on any atom is 0.411 e. The number of carbonyl (C=O) groups is 3. The quantitative estimate of drug-likeness (QED) is 0.134. The van der Waals surface area contributed by atoms with Gasteiger partial charge in [0, 0.05) is 35.9 Å². The van der Waals surface area contributed by atoms with Crippen molar-refractivity contribution in [2.75, 3.05) is 34.4 Å². The average molecular weight is 667 g/mol. The van der Waals surface area contributed by atoms with E-state index in [1.807, 2.05) is 41.8 Å². The second-order valence-electron chi connectivity index (χ2n) is 14.6. The van der Waals surface area contributed by atoms with Crippen LogP contribution in [-0.2, 0) is 33.3 Å². The Bertz CT molecular complexity index is 1170. The number of nitrogens with one attached hydrogen (secondary N) is 1. The van der Waals surface area contributed by atoms with Crippen LogP contribution in [0.4, 0.5) is 4.79 Å². The Morgan fingerprint density at radius 2 is 1.79 bits per heavy atom. The molecule has 0 saturated carbocycles. The lowest BCUT2D eigenvalue weighted by Crippen LogP contribution is -2.60. The third-order valence-electron chi connectivity index (χ3n) is 10.7. The lowest BCUT2D eigenvalue weighted by molar-refractivity contribution is -0.281. The Balaban J connectivity index is 2.06. The van der Waals surface area contributed by atoms with E-state index in [4.69, 9.17) is 29.2 Å². The summed E-state index contributed by atoms with van der Waals surface area (Å²) < 4.78 is 31.4. The van der Waals surface area contributed by atoms with Crippen molar-refractivity contribution in [2.45, 2.75) is 136 Å². The molecule has 1 amide bonds. The van der Waals surface area contributed by atoms with Gasteiger partial charge in [-0.3, -0.25) is 14.5 Å². The van der Waals surface area contributed by atoms with Crippen LogP contribution in [-0.4, -0.2) is 116 Å². The highest BCUT2D eigenvalue weighted by atomic mass is 16.7. The van der Waals surface area contributed by atoms with E-state index in [0.717, 1.165) is 6.42 Å². The summed E-state index contributed by atoms with van der Waals surface area (Å²) in [4.78, 5) is 47.4. The highest BCUT2D eigenvalue weighted by molar-refractivity contribution is 6.00. The van der Waals surface area contributed by atoms with Crippen molar-refractivity contribution < 1.29 is 38.1 Å². The number of azide groups is 1. The first-order valence-electron chi connectivity index (χ1n) is 17.0. The number of Topliss-reactive ketones (excluding diaryl/α,β-unsaturated/α-hetero) is 1. The molecule has 0 aromatic heterocycles. The summed E-state index contributed by atoms with van der Waals surface area (Å²) in [5, 5.41) is 7.19. The van der Waals surface area contributed by atoms with Crippen molar-refractivity contribution in [2.24, 2.45) is 28.8 Å². The van der Waals surface area contributed by atoms with Crippen LogP contribution in [0.2, 0.25) is 0 Å². The van der Waals surface area contributed by atoms with E-state index in [0.29, 0.717) is 19.4 Å². The van der Waals surface area contributed by atoms with E-state index >= 15 is 0 Å². The third-order valence-corrected chi connectivity index (χ3v) is 10.7. The van der Waals surface area contributed by atoms with Gasteiger partial charge in [0.1, 0.15) is 18.7 Å². The molecule has 0 aromatic carbocycles. The Morgan fingerprint density at radius 1 is 1.13 bits per heavy atom. The standard InChI is InChI=1S/C33H58N6O8/c1-13-25-33(9)27(39(17-36-37-34)31(42)47-33)23(7)35-16-18(2)15-32(8,43-12)28(21(5)26(40)22(6)29(41)45-25)46-30-20(4)24(38(10)11)14-19(3)44-30/h18-25,27-28,30,35H,13-17H2,1-12H3/t18-,19?,20?,21+,22-,23-,24?,25-,27-,28-,30+,32-,33-/m1/s1. The van der Waals surface area contributed by atoms with Crippen LogP contribution in [0.15, 0.2) is 5.11 Å². The van der Waals surface area contributed by atoms with Crippen molar-refractivity contribution in [3.05, 3.63) is 10.4 Å². The minimum atomic E-state index is -1.29. The van der Waals surface area contributed by atoms with Crippen LogP contribution >= 0.6 is 0 Å². The molecule has 3 heterocycles. The summed E-state index contributed by atoms with van der Waals surface area (Å²) >= 11 is 0. The number of rotatable bonds is 7. The molecule has 14 heteroatoms. The van der Waals surface area contributed by atoms with Crippen molar-refractivity contribution in [3.8, 4) is 0 Å². The fourth-order valence-corrected chi connectivity index (χ4v) is 8.00. The number of hydrogen-bond acceptors (Lipinski definition) is 11. The van der Waals surface area contributed by atoms with Crippen LogP contribution in [0.5, 0.6) is 0 Å². The molecule has 1 N–H and O–H groups in total. The zero-order chi connectivity index (χ0) is 35.4. The summed E-state index contributed by atoms with van der Waals surface area (Å²) in [6.45, 7) is 17.2. The number of esters is 1. The smallest absolute Gasteiger partial charge is 0.411 e. The van der Waals surface area contributed by atoms with Crippen LogP contribution in [0.3, 0.4) is 0 Å². The number of cyclic esters (lactones) is 1. The molecule has 0 spiro atoms. The monoisotopic (exact) mass is 666 g/mol. The van der Waals surface area contributed by atoms with Gasteiger partial charge in [0.25, 0.3) is 0 Å². The summed E-state index contributed by atoms with van der Waals surface area (Å²) in [5.74, 6) is -2.94. The number of hydrogen-bond donors (Lipinski definition) is 1. The van der Waals surface area contributed by atoms with Gasteiger partial charge in [-0.25, -0.2) is 4.79 Å². The fourth-order valence-electron chi connectivity index (χ4n) is 8.00. The van der Waals surface area contributed by atoms with Crippen LogP contribution in [0.1, 0.15) is 81.6 Å². The molecular formula is C33H58N6O8. The third kappa shape index (κ3) is 8.22. The Labute approximate surface area is 280 Å². The van der Waals surface area contributed by atoms with E-state index in [1.54, 1.807) is 21.0 Å². The number of nitrogens with zero attached hydrogens (tertiary/aromatic N) is 5. The first-order chi connectivity index (χ1) is 21.9. The number of carbonyl (C=O) groups excluding carboxylic acids is 3. The molecular weight excluding hydrogens is 608 g/mol. The van der Waals surface area contributed by atoms with E-state index in [9.17, 15) is 14.4 Å². The largest absolute Gasteiger partial charge is 0.458 e. The zero-order valence-corrected chi connectivity index (χ0v) is 30.4. The lowest BCUT2D eigenvalue weighted by atomic mass is 9.78.